The molecule has 1 aliphatic rings. The summed E-state index contributed by atoms with van der Waals surface area (Å²) in [6.07, 6.45) is -0.709. The molecule has 0 radical (unpaired) electrons. The smallest absolute Gasteiger partial charge is 0.475 e. The van der Waals surface area contributed by atoms with Crippen molar-refractivity contribution in [1.82, 2.24) is 14.5 Å². The molecule has 0 saturated carbocycles. The van der Waals surface area contributed by atoms with Gasteiger partial charge in [-0.25, -0.2) is 9.31 Å². The van der Waals surface area contributed by atoms with E-state index >= 15 is 0 Å². The average molecular weight is 434 g/mol. The summed E-state index contributed by atoms with van der Waals surface area (Å²) in [5, 5.41) is 15.5. The van der Waals surface area contributed by atoms with E-state index in [-0.39, 0.29) is 0 Å². The van der Waals surface area contributed by atoms with Crippen LogP contribution in [0.3, 0.4) is 0 Å². The molecule has 3 heterocycles. The molecule has 9 heteroatoms. The van der Waals surface area contributed by atoms with Gasteiger partial charge in [0.25, 0.3) is 0 Å². The predicted molar refractivity (Wildman–Crippen MR) is 112 cm³/mol. The highest BCUT2D eigenvalue weighted by Gasteiger charge is 2.38. The molecule has 4 rings (SSSR count). The number of carboxylic acids is 1. The van der Waals surface area contributed by atoms with Crippen LogP contribution in [0.2, 0.25) is 0 Å². The Morgan fingerprint density at radius 3 is 2.48 bits per heavy atom. The van der Waals surface area contributed by atoms with E-state index in [0.717, 1.165) is 25.3 Å². The molecule has 2 aromatic heterocycles. The maximum atomic E-state index is 10.6. The van der Waals surface area contributed by atoms with E-state index in [4.69, 9.17) is 9.90 Å². The number of fused-ring (bicyclic) bond motifs is 1. The minimum absolute atomic E-state index is 0.573. The largest absolute Gasteiger partial charge is 0.490 e. The third-order valence-corrected chi connectivity index (χ3v) is 5.03. The lowest BCUT2D eigenvalue weighted by Crippen LogP contribution is -2.38. The van der Waals surface area contributed by atoms with E-state index < -0.39 is 12.1 Å². The van der Waals surface area contributed by atoms with E-state index in [1.54, 1.807) is 0 Å². The first-order chi connectivity index (χ1) is 14.7. The molecule has 0 bridgehead atoms. The standard InChI is InChI=1S/C20H24N4.C2HF3O2/c1-16-5-4-6-18(13-16)21-17-8-11-23(12-9-17)15-19-14-20-7-2-3-10-24(20)22-19;3-2(4,5)1(6)7/h2-7,10,13-14,17,21H,8-9,11-12,15H2,1H3;(H,6,7). The van der Waals surface area contributed by atoms with Crippen molar-refractivity contribution >= 4 is 17.2 Å². The molecule has 166 valence electrons. The van der Waals surface area contributed by atoms with Gasteiger partial charge in [-0.1, -0.05) is 18.2 Å². The molecule has 0 atom stereocenters. The lowest BCUT2D eigenvalue weighted by atomic mass is 10.0. The van der Waals surface area contributed by atoms with E-state index in [2.05, 4.69) is 64.7 Å². The first-order valence-electron chi connectivity index (χ1n) is 9.99. The number of aliphatic carboxylic acids is 1. The molecule has 31 heavy (non-hydrogen) atoms. The zero-order chi connectivity index (χ0) is 22.4. The monoisotopic (exact) mass is 434 g/mol. The number of pyridine rings is 1. The maximum absolute atomic E-state index is 10.6. The molecule has 3 aromatic rings. The number of carboxylic acid groups (broad SMARTS) is 1. The number of alkyl halides is 3. The quantitative estimate of drug-likeness (QED) is 0.639. The predicted octanol–water partition coefficient (Wildman–Crippen LogP) is 4.35. The Morgan fingerprint density at radius 2 is 1.87 bits per heavy atom. The van der Waals surface area contributed by atoms with Crippen LogP contribution in [0.5, 0.6) is 0 Å². The van der Waals surface area contributed by atoms with Crippen molar-refractivity contribution in [3.8, 4) is 0 Å². The Hall–Kier alpha value is -3.07. The van der Waals surface area contributed by atoms with Crippen LogP contribution in [0.1, 0.15) is 24.1 Å². The summed E-state index contributed by atoms with van der Waals surface area (Å²) in [5.74, 6) is -2.76. The average Bonchev–Trinajstić information content (AvgIpc) is 3.11. The number of hydrogen-bond acceptors (Lipinski definition) is 4. The third kappa shape index (κ3) is 6.71. The lowest BCUT2D eigenvalue weighted by Gasteiger charge is -2.32. The van der Waals surface area contributed by atoms with Crippen LogP contribution in [0, 0.1) is 6.92 Å². The summed E-state index contributed by atoms with van der Waals surface area (Å²) in [7, 11) is 0. The van der Waals surface area contributed by atoms with Gasteiger partial charge in [-0.2, -0.15) is 18.3 Å². The minimum Gasteiger partial charge on any atom is -0.475 e. The molecule has 1 fully saturated rings. The summed E-state index contributed by atoms with van der Waals surface area (Å²) < 4.78 is 33.7. The van der Waals surface area contributed by atoms with Crippen LogP contribution in [0.4, 0.5) is 18.9 Å². The van der Waals surface area contributed by atoms with Crippen LogP contribution in [0.25, 0.3) is 5.52 Å². The van der Waals surface area contributed by atoms with E-state index in [9.17, 15) is 13.2 Å². The Morgan fingerprint density at radius 1 is 1.16 bits per heavy atom. The number of nitrogens with one attached hydrogen (secondary N) is 1. The first kappa shape index (κ1) is 22.6. The second-order valence-corrected chi connectivity index (χ2v) is 7.57. The number of hydrogen-bond donors (Lipinski definition) is 2. The van der Waals surface area contributed by atoms with Crippen LogP contribution < -0.4 is 5.32 Å². The topological polar surface area (TPSA) is 69.9 Å². The first-order valence-corrected chi connectivity index (χ1v) is 9.99. The van der Waals surface area contributed by atoms with Gasteiger partial charge in [-0.15, -0.1) is 0 Å². The summed E-state index contributed by atoms with van der Waals surface area (Å²) in [5.41, 5.74) is 4.88. The number of benzene rings is 1. The number of rotatable bonds is 4. The van der Waals surface area contributed by atoms with Gasteiger partial charge >= 0.3 is 12.1 Å². The van der Waals surface area contributed by atoms with Crippen LogP contribution in [0.15, 0.2) is 54.7 Å². The van der Waals surface area contributed by atoms with Gasteiger partial charge in [-0.05, 0) is 55.7 Å². The van der Waals surface area contributed by atoms with Gasteiger partial charge in [-0.3, -0.25) is 4.90 Å². The fraction of sp³-hybridized carbons (Fsp3) is 0.364. The Kier molecular flexibility index (Phi) is 7.17. The number of piperidine rings is 1. The Bertz CT molecular complexity index is 978. The fourth-order valence-electron chi connectivity index (χ4n) is 3.50. The van der Waals surface area contributed by atoms with Gasteiger partial charge in [0.2, 0.25) is 0 Å². The zero-order valence-electron chi connectivity index (χ0n) is 17.1. The van der Waals surface area contributed by atoms with Gasteiger partial charge in [0.05, 0.1) is 11.2 Å². The number of nitrogens with zero attached hydrogens (tertiary/aromatic N) is 3. The molecule has 2 N–H and O–H groups in total. The molecule has 0 unspecified atom stereocenters. The van der Waals surface area contributed by atoms with Crippen molar-refractivity contribution in [2.24, 2.45) is 0 Å². The van der Waals surface area contributed by atoms with E-state index in [1.165, 1.54) is 29.6 Å². The van der Waals surface area contributed by atoms with Crippen molar-refractivity contribution in [3.63, 3.8) is 0 Å². The molecule has 1 aliphatic heterocycles. The molecule has 0 spiro atoms. The molecular weight excluding hydrogens is 409 g/mol. The van der Waals surface area contributed by atoms with Crippen molar-refractivity contribution in [3.05, 3.63) is 66.0 Å². The zero-order valence-corrected chi connectivity index (χ0v) is 17.1. The van der Waals surface area contributed by atoms with Crippen LogP contribution in [-0.2, 0) is 11.3 Å². The van der Waals surface area contributed by atoms with Crippen molar-refractivity contribution in [2.45, 2.75) is 38.5 Å². The molecule has 0 aliphatic carbocycles. The second kappa shape index (κ2) is 9.82. The number of anilines is 1. The highest BCUT2D eigenvalue weighted by molar-refractivity contribution is 5.73. The highest BCUT2D eigenvalue weighted by Crippen LogP contribution is 2.19. The highest BCUT2D eigenvalue weighted by atomic mass is 19.4. The summed E-state index contributed by atoms with van der Waals surface area (Å²) >= 11 is 0. The Labute approximate surface area is 178 Å². The number of aryl methyl sites for hydroxylation is 1. The van der Waals surface area contributed by atoms with Gasteiger partial charge in [0.1, 0.15) is 0 Å². The molecule has 0 amide bonds. The minimum atomic E-state index is -5.08. The summed E-state index contributed by atoms with van der Waals surface area (Å²) in [4.78, 5) is 11.4. The molecule has 1 saturated heterocycles. The number of aromatic nitrogens is 2. The second-order valence-electron chi connectivity index (χ2n) is 7.57. The van der Waals surface area contributed by atoms with Crippen molar-refractivity contribution in [2.75, 3.05) is 18.4 Å². The van der Waals surface area contributed by atoms with Gasteiger partial charge in [0.15, 0.2) is 0 Å². The normalized spacial score (nSPS) is 15.4. The van der Waals surface area contributed by atoms with Gasteiger partial charge in [0, 0.05) is 37.6 Å². The van der Waals surface area contributed by atoms with E-state index in [0.29, 0.717) is 6.04 Å². The number of halogens is 3. The SMILES string of the molecule is Cc1cccc(NC2CCN(Cc3cc4ccccn4n3)CC2)c1.O=C(O)C(F)(F)F. The number of carbonyl (C=O) groups is 1. The van der Waals surface area contributed by atoms with Crippen LogP contribution >= 0.6 is 0 Å². The molecular formula is C22H25F3N4O2. The van der Waals surface area contributed by atoms with Gasteiger partial charge < -0.3 is 10.4 Å². The molecule has 1 aromatic carbocycles. The summed E-state index contributed by atoms with van der Waals surface area (Å²) in [6, 6.07) is 17.6. The van der Waals surface area contributed by atoms with Crippen LogP contribution in [-0.4, -0.2) is 50.9 Å². The number of likely N-dealkylation sites (tertiary alicyclic amines) is 1. The lowest BCUT2D eigenvalue weighted by molar-refractivity contribution is -0.192. The summed E-state index contributed by atoms with van der Waals surface area (Å²) in [6.45, 7) is 5.33. The van der Waals surface area contributed by atoms with Crippen molar-refractivity contribution < 1.29 is 23.1 Å². The maximum Gasteiger partial charge on any atom is 0.490 e. The van der Waals surface area contributed by atoms with Crippen molar-refractivity contribution in [1.29, 1.82) is 0 Å². The Balaban J connectivity index is 0.000000339. The fourth-order valence-corrected chi connectivity index (χ4v) is 3.50. The molecule has 6 nitrogen and oxygen atoms in total. The van der Waals surface area contributed by atoms with E-state index in [1.807, 2.05) is 16.8 Å². The third-order valence-electron chi connectivity index (χ3n) is 5.03.